The first-order valence-corrected chi connectivity index (χ1v) is 8.73. The molecule has 1 saturated heterocycles. The SMILES string of the molecule is Cc1ccsc1C(=O)Nc1ccc(CC(=O)N2CCCC2)cc1. The summed E-state index contributed by atoms with van der Waals surface area (Å²) in [5.74, 6) is 0.104. The lowest BCUT2D eigenvalue weighted by Crippen LogP contribution is -2.29. The Balaban J connectivity index is 1.59. The maximum atomic E-state index is 12.2. The van der Waals surface area contributed by atoms with E-state index in [9.17, 15) is 9.59 Å². The molecule has 4 nitrogen and oxygen atoms in total. The summed E-state index contributed by atoms with van der Waals surface area (Å²) in [5.41, 5.74) is 2.72. The summed E-state index contributed by atoms with van der Waals surface area (Å²) in [6.07, 6.45) is 2.65. The Morgan fingerprint density at radius 1 is 1.13 bits per heavy atom. The second-order valence-corrected chi connectivity index (χ2v) is 6.76. The normalized spacial score (nSPS) is 14.0. The fourth-order valence-corrected chi connectivity index (χ4v) is 3.57. The van der Waals surface area contributed by atoms with Crippen LogP contribution in [-0.2, 0) is 11.2 Å². The van der Waals surface area contributed by atoms with Gasteiger partial charge < -0.3 is 10.2 Å². The Bertz CT molecular complexity index is 700. The number of aryl methyl sites for hydroxylation is 1. The molecule has 2 amide bonds. The lowest BCUT2D eigenvalue weighted by atomic mass is 10.1. The fraction of sp³-hybridized carbons (Fsp3) is 0.333. The molecule has 1 aliphatic heterocycles. The van der Waals surface area contributed by atoms with E-state index < -0.39 is 0 Å². The number of carbonyl (C=O) groups is 2. The Morgan fingerprint density at radius 3 is 2.43 bits per heavy atom. The van der Waals surface area contributed by atoms with Gasteiger partial charge in [-0.15, -0.1) is 11.3 Å². The van der Waals surface area contributed by atoms with Crippen molar-refractivity contribution in [2.24, 2.45) is 0 Å². The molecule has 1 aromatic heterocycles. The zero-order valence-corrected chi connectivity index (χ0v) is 14.0. The highest BCUT2D eigenvalue weighted by Gasteiger charge is 2.18. The summed E-state index contributed by atoms with van der Waals surface area (Å²) in [7, 11) is 0. The van der Waals surface area contributed by atoms with Gasteiger partial charge in [0.1, 0.15) is 0 Å². The number of thiophene rings is 1. The van der Waals surface area contributed by atoms with Crippen LogP contribution in [0.15, 0.2) is 35.7 Å². The molecule has 1 fully saturated rings. The highest BCUT2D eigenvalue weighted by atomic mass is 32.1. The van der Waals surface area contributed by atoms with Gasteiger partial charge in [-0.3, -0.25) is 9.59 Å². The number of amides is 2. The van der Waals surface area contributed by atoms with Crippen molar-refractivity contribution in [2.75, 3.05) is 18.4 Å². The van der Waals surface area contributed by atoms with Crippen molar-refractivity contribution < 1.29 is 9.59 Å². The number of nitrogens with one attached hydrogen (secondary N) is 1. The number of hydrogen-bond donors (Lipinski definition) is 1. The first-order valence-electron chi connectivity index (χ1n) is 7.85. The minimum absolute atomic E-state index is 0.0848. The third kappa shape index (κ3) is 3.79. The van der Waals surface area contributed by atoms with Gasteiger partial charge in [-0.1, -0.05) is 12.1 Å². The summed E-state index contributed by atoms with van der Waals surface area (Å²) in [6.45, 7) is 3.69. The quantitative estimate of drug-likeness (QED) is 0.934. The Labute approximate surface area is 140 Å². The number of carbonyl (C=O) groups excluding carboxylic acids is 2. The van der Waals surface area contributed by atoms with Crippen molar-refractivity contribution in [3.63, 3.8) is 0 Å². The second kappa shape index (κ2) is 6.96. The van der Waals surface area contributed by atoms with Crippen LogP contribution in [0.25, 0.3) is 0 Å². The van der Waals surface area contributed by atoms with Crippen LogP contribution < -0.4 is 5.32 Å². The van der Waals surface area contributed by atoms with Crippen LogP contribution in [0, 0.1) is 6.92 Å². The molecule has 5 heteroatoms. The third-order valence-electron chi connectivity index (χ3n) is 4.09. The molecule has 120 valence electrons. The molecule has 0 atom stereocenters. The Kier molecular flexibility index (Phi) is 4.76. The highest BCUT2D eigenvalue weighted by molar-refractivity contribution is 7.12. The predicted octanol–water partition coefficient (Wildman–Crippen LogP) is 3.47. The standard InChI is InChI=1S/C18H20N2O2S/c1-13-8-11-23-17(13)18(22)19-15-6-4-14(5-7-15)12-16(21)20-9-2-3-10-20/h4-8,11H,2-3,9-10,12H2,1H3,(H,19,22). The summed E-state index contributed by atoms with van der Waals surface area (Å²) >= 11 is 1.44. The summed E-state index contributed by atoms with van der Waals surface area (Å²) in [5, 5.41) is 4.81. The molecule has 0 saturated carbocycles. The lowest BCUT2D eigenvalue weighted by molar-refractivity contribution is -0.129. The minimum Gasteiger partial charge on any atom is -0.342 e. The van der Waals surface area contributed by atoms with Gasteiger partial charge in [-0.05, 0) is 54.5 Å². The van der Waals surface area contributed by atoms with E-state index >= 15 is 0 Å². The molecule has 0 aliphatic carbocycles. The van der Waals surface area contributed by atoms with Gasteiger partial charge in [0.2, 0.25) is 5.91 Å². The molecule has 0 unspecified atom stereocenters. The van der Waals surface area contributed by atoms with Crippen molar-refractivity contribution in [3.05, 3.63) is 51.7 Å². The largest absolute Gasteiger partial charge is 0.342 e. The van der Waals surface area contributed by atoms with Crippen molar-refractivity contribution >= 4 is 28.8 Å². The molecule has 1 N–H and O–H groups in total. The topological polar surface area (TPSA) is 49.4 Å². The van der Waals surface area contributed by atoms with Gasteiger partial charge in [0, 0.05) is 18.8 Å². The Morgan fingerprint density at radius 2 is 1.83 bits per heavy atom. The van der Waals surface area contributed by atoms with Gasteiger partial charge in [0.15, 0.2) is 0 Å². The van der Waals surface area contributed by atoms with Crippen LogP contribution in [0.1, 0.15) is 33.6 Å². The predicted molar refractivity (Wildman–Crippen MR) is 93.0 cm³/mol. The van der Waals surface area contributed by atoms with Crippen LogP contribution in [0.4, 0.5) is 5.69 Å². The number of nitrogens with zero attached hydrogens (tertiary/aromatic N) is 1. The zero-order chi connectivity index (χ0) is 16.2. The van der Waals surface area contributed by atoms with Crippen LogP contribution in [0.5, 0.6) is 0 Å². The van der Waals surface area contributed by atoms with Gasteiger partial charge in [0.05, 0.1) is 11.3 Å². The van der Waals surface area contributed by atoms with Crippen molar-refractivity contribution in [3.8, 4) is 0 Å². The van der Waals surface area contributed by atoms with Gasteiger partial charge in [-0.25, -0.2) is 0 Å². The van der Waals surface area contributed by atoms with Gasteiger partial charge in [-0.2, -0.15) is 0 Å². The number of likely N-dealkylation sites (tertiary alicyclic amines) is 1. The summed E-state index contributed by atoms with van der Waals surface area (Å²) < 4.78 is 0. The number of anilines is 1. The van der Waals surface area contributed by atoms with Crippen LogP contribution in [0.3, 0.4) is 0 Å². The van der Waals surface area contributed by atoms with Crippen molar-refractivity contribution in [2.45, 2.75) is 26.2 Å². The number of hydrogen-bond acceptors (Lipinski definition) is 3. The second-order valence-electron chi connectivity index (χ2n) is 5.85. The van der Waals surface area contributed by atoms with E-state index in [0.29, 0.717) is 6.42 Å². The molecule has 2 aromatic rings. The Hall–Kier alpha value is -2.14. The summed E-state index contributed by atoms with van der Waals surface area (Å²) in [6, 6.07) is 9.46. The highest BCUT2D eigenvalue weighted by Crippen LogP contribution is 2.18. The lowest BCUT2D eigenvalue weighted by Gasteiger charge is -2.15. The molecular weight excluding hydrogens is 308 g/mol. The van der Waals surface area contributed by atoms with Crippen molar-refractivity contribution in [1.82, 2.24) is 4.90 Å². The zero-order valence-electron chi connectivity index (χ0n) is 13.2. The van der Waals surface area contributed by atoms with E-state index in [1.807, 2.05) is 47.5 Å². The van der Waals surface area contributed by atoms with E-state index in [2.05, 4.69) is 5.32 Å². The molecule has 0 spiro atoms. The molecular formula is C18H20N2O2S. The first-order chi connectivity index (χ1) is 11.1. The third-order valence-corrected chi connectivity index (χ3v) is 5.11. The van der Waals surface area contributed by atoms with Gasteiger partial charge >= 0.3 is 0 Å². The molecule has 1 aliphatic rings. The first kappa shape index (κ1) is 15.7. The minimum atomic E-state index is -0.0848. The molecule has 0 bridgehead atoms. The van der Waals surface area contributed by atoms with E-state index in [4.69, 9.17) is 0 Å². The fourth-order valence-electron chi connectivity index (χ4n) is 2.75. The number of rotatable bonds is 4. The molecule has 3 rings (SSSR count). The maximum Gasteiger partial charge on any atom is 0.265 e. The average molecular weight is 328 g/mol. The molecule has 0 radical (unpaired) electrons. The molecule has 2 heterocycles. The van der Waals surface area contributed by atoms with E-state index in [1.165, 1.54) is 11.3 Å². The van der Waals surface area contributed by atoms with Gasteiger partial charge in [0.25, 0.3) is 5.91 Å². The van der Waals surface area contributed by atoms with Crippen LogP contribution in [-0.4, -0.2) is 29.8 Å². The summed E-state index contributed by atoms with van der Waals surface area (Å²) in [4.78, 5) is 27.0. The van der Waals surface area contributed by atoms with Crippen LogP contribution >= 0.6 is 11.3 Å². The van der Waals surface area contributed by atoms with E-state index in [-0.39, 0.29) is 11.8 Å². The van der Waals surface area contributed by atoms with E-state index in [0.717, 1.165) is 47.6 Å². The van der Waals surface area contributed by atoms with Crippen molar-refractivity contribution in [1.29, 1.82) is 0 Å². The maximum absolute atomic E-state index is 12.2. The monoisotopic (exact) mass is 328 g/mol. The smallest absolute Gasteiger partial charge is 0.265 e. The van der Waals surface area contributed by atoms with E-state index in [1.54, 1.807) is 0 Å². The molecule has 23 heavy (non-hydrogen) atoms. The number of benzene rings is 1. The van der Waals surface area contributed by atoms with Crippen LogP contribution in [0.2, 0.25) is 0 Å². The molecule has 1 aromatic carbocycles. The average Bonchev–Trinajstić information content (AvgIpc) is 3.20.